The fraction of sp³-hybridized carbons (Fsp3) is 0.444. The predicted molar refractivity (Wildman–Crippen MR) is 90.9 cm³/mol. The average Bonchev–Trinajstić information content (AvgIpc) is 2.43. The van der Waals surface area contributed by atoms with E-state index in [1.165, 1.54) is 0 Å². The fourth-order valence-corrected chi connectivity index (χ4v) is 1.88. The molecule has 0 aliphatic heterocycles. The van der Waals surface area contributed by atoms with Crippen molar-refractivity contribution in [2.75, 3.05) is 18.4 Å². The maximum absolute atomic E-state index is 12.5. The summed E-state index contributed by atoms with van der Waals surface area (Å²) < 4.78 is 0. The highest BCUT2D eigenvalue weighted by Crippen LogP contribution is 2.19. The van der Waals surface area contributed by atoms with Gasteiger partial charge in [0.05, 0.1) is 0 Å². The Morgan fingerprint density at radius 3 is 2.41 bits per heavy atom. The number of likely N-dealkylation sites (N-methyl/N-ethyl adjacent to an activating group) is 1. The number of carbonyl (C=O) groups is 2. The Hall–Kier alpha value is -2.10. The summed E-state index contributed by atoms with van der Waals surface area (Å²) in [5.41, 5.74) is 1.66. The molecule has 1 aromatic rings. The third-order valence-electron chi connectivity index (χ3n) is 3.18. The second-order valence-electron chi connectivity index (χ2n) is 6.56. The van der Waals surface area contributed by atoms with Gasteiger partial charge >= 0.3 is 0 Å². The molecular weight excluding hydrogens is 276 g/mol. The number of rotatable bonds is 5. The van der Waals surface area contributed by atoms with E-state index < -0.39 is 5.41 Å². The zero-order chi connectivity index (χ0) is 16.9. The van der Waals surface area contributed by atoms with Gasteiger partial charge in [-0.05, 0) is 32.0 Å². The van der Waals surface area contributed by atoms with Crippen molar-refractivity contribution in [3.63, 3.8) is 0 Å². The van der Waals surface area contributed by atoms with Crippen LogP contribution in [0.25, 0.3) is 0 Å². The third-order valence-corrected chi connectivity index (χ3v) is 3.18. The minimum Gasteiger partial charge on any atom is -0.335 e. The van der Waals surface area contributed by atoms with Crippen molar-refractivity contribution < 1.29 is 9.59 Å². The zero-order valence-electron chi connectivity index (χ0n) is 14.2. The van der Waals surface area contributed by atoms with Crippen molar-refractivity contribution >= 4 is 17.5 Å². The molecular formula is C18H26N2O2. The van der Waals surface area contributed by atoms with Crippen molar-refractivity contribution in [1.29, 1.82) is 0 Å². The van der Waals surface area contributed by atoms with Gasteiger partial charge in [-0.1, -0.05) is 39.0 Å². The van der Waals surface area contributed by atoms with Gasteiger partial charge in [-0.2, -0.15) is 0 Å². The summed E-state index contributed by atoms with van der Waals surface area (Å²) in [6.07, 6.45) is 0. The zero-order valence-corrected chi connectivity index (χ0v) is 14.2. The minimum absolute atomic E-state index is 0.0580. The molecule has 0 heterocycles. The smallest absolute Gasteiger partial charge is 0.254 e. The van der Waals surface area contributed by atoms with E-state index in [-0.39, 0.29) is 11.8 Å². The lowest BCUT2D eigenvalue weighted by molar-refractivity contribution is -0.123. The predicted octanol–water partition coefficient (Wildman–Crippen LogP) is 3.71. The minimum atomic E-state index is -0.477. The third kappa shape index (κ3) is 5.02. The van der Waals surface area contributed by atoms with E-state index in [1.54, 1.807) is 29.2 Å². The second kappa shape index (κ2) is 7.25. The lowest BCUT2D eigenvalue weighted by atomic mass is 9.95. The van der Waals surface area contributed by atoms with Crippen molar-refractivity contribution in [2.24, 2.45) is 5.41 Å². The van der Waals surface area contributed by atoms with E-state index in [0.29, 0.717) is 24.3 Å². The SMILES string of the molecule is C=C(C)CN(CC)C(=O)c1cccc(NC(=O)C(C)(C)C)c1. The van der Waals surface area contributed by atoms with E-state index in [0.717, 1.165) is 5.57 Å². The van der Waals surface area contributed by atoms with Gasteiger partial charge < -0.3 is 10.2 Å². The number of carbonyl (C=O) groups excluding carboxylic acids is 2. The van der Waals surface area contributed by atoms with E-state index in [2.05, 4.69) is 11.9 Å². The van der Waals surface area contributed by atoms with E-state index in [9.17, 15) is 9.59 Å². The summed E-state index contributed by atoms with van der Waals surface area (Å²) in [4.78, 5) is 26.3. The lowest BCUT2D eigenvalue weighted by Gasteiger charge is -2.22. The van der Waals surface area contributed by atoms with Gasteiger partial charge in [0.25, 0.3) is 5.91 Å². The van der Waals surface area contributed by atoms with Crippen LogP contribution in [0.5, 0.6) is 0 Å². The highest BCUT2D eigenvalue weighted by molar-refractivity contribution is 5.98. The number of anilines is 1. The fourth-order valence-electron chi connectivity index (χ4n) is 1.88. The van der Waals surface area contributed by atoms with Gasteiger partial charge in [-0.25, -0.2) is 0 Å². The van der Waals surface area contributed by atoms with Crippen LogP contribution < -0.4 is 5.32 Å². The van der Waals surface area contributed by atoms with Crippen molar-refractivity contribution in [2.45, 2.75) is 34.6 Å². The molecule has 120 valence electrons. The molecule has 22 heavy (non-hydrogen) atoms. The van der Waals surface area contributed by atoms with E-state index in [1.807, 2.05) is 34.6 Å². The van der Waals surface area contributed by atoms with Crippen LogP contribution in [0.15, 0.2) is 36.4 Å². The highest BCUT2D eigenvalue weighted by Gasteiger charge is 2.21. The number of nitrogens with one attached hydrogen (secondary N) is 1. The molecule has 2 amide bonds. The molecule has 1 rings (SSSR count). The van der Waals surface area contributed by atoms with Crippen LogP contribution in [0.4, 0.5) is 5.69 Å². The molecule has 0 fully saturated rings. The largest absolute Gasteiger partial charge is 0.335 e. The molecule has 0 aromatic heterocycles. The van der Waals surface area contributed by atoms with Crippen LogP contribution in [0, 0.1) is 5.41 Å². The molecule has 4 heteroatoms. The Labute approximate surface area is 133 Å². The maximum atomic E-state index is 12.5. The Balaban J connectivity index is 2.93. The van der Waals surface area contributed by atoms with E-state index >= 15 is 0 Å². The quantitative estimate of drug-likeness (QED) is 0.843. The van der Waals surface area contributed by atoms with Crippen LogP contribution in [0.3, 0.4) is 0 Å². The molecule has 0 aliphatic rings. The molecule has 4 nitrogen and oxygen atoms in total. The number of amides is 2. The number of nitrogens with zero attached hydrogens (tertiary/aromatic N) is 1. The molecule has 0 aliphatic carbocycles. The topological polar surface area (TPSA) is 49.4 Å². The Morgan fingerprint density at radius 1 is 1.27 bits per heavy atom. The monoisotopic (exact) mass is 302 g/mol. The first-order chi connectivity index (χ1) is 10.1. The summed E-state index contributed by atoms with van der Waals surface area (Å²) in [6, 6.07) is 7.04. The Morgan fingerprint density at radius 2 is 1.91 bits per heavy atom. The molecule has 0 atom stereocenters. The normalized spacial score (nSPS) is 11.0. The molecule has 1 aromatic carbocycles. The lowest BCUT2D eigenvalue weighted by Crippen LogP contribution is -2.32. The molecule has 0 saturated carbocycles. The summed E-state index contributed by atoms with van der Waals surface area (Å²) in [5.74, 6) is -0.135. The van der Waals surface area contributed by atoms with Crippen molar-refractivity contribution in [3.8, 4) is 0 Å². The Kier molecular flexibility index (Phi) is 5.92. The molecule has 0 radical (unpaired) electrons. The number of benzene rings is 1. The first kappa shape index (κ1) is 18.0. The van der Waals surface area contributed by atoms with Crippen LogP contribution in [-0.2, 0) is 4.79 Å². The molecule has 0 saturated heterocycles. The van der Waals surface area contributed by atoms with Crippen LogP contribution in [0.2, 0.25) is 0 Å². The number of hydrogen-bond donors (Lipinski definition) is 1. The summed E-state index contributed by atoms with van der Waals surface area (Å²) in [6.45, 7) is 14.4. The maximum Gasteiger partial charge on any atom is 0.254 e. The summed E-state index contributed by atoms with van der Waals surface area (Å²) in [5, 5.41) is 2.85. The number of hydrogen-bond acceptors (Lipinski definition) is 2. The highest BCUT2D eigenvalue weighted by atomic mass is 16.2. The summed E-state index contributed by atoms with van der Waals surface area (Å²) in [7, 11) is 0. The van der Waals surface area contributed by atoms with Crippen molar-refractivity contribution in [1.82, 2.24) is 4.90 Å². The first-order valence-corrected chi connectivity index (χ1v) is 7.50. The second-order valence-corrected chi connectivity index (χ2v) is 6.56. The van der Waals surface area contributed by atoms with Gasteiger partial charge in [0.1, 0.15) is 0 Å². The average molecular weight is 302 g/mol. The molecule has 1 N–H and O–H groups in total. The summed E-state index contributed by atoms with van der Waals surface area (Å²) >= 11 is 0. The Bertz CT molecular complexity index is 571. The molecule has 0 spiro atoms. The van der Waals surface area contributed by atoms with Crippen LogP contribution >= 0.6 is 0 Å². The van der Waals surface area contributed by atoms with Crippen molar-refractivity contribution in [3.05, 3.63) is 42.0 Å². The van der Waals surface area contributed by atoms with Gasteiger partial charge in [-0.15, -0.1) is 0 Å². The first-order valence-electron chi connectivity index (χ1n) is 7.50. The van der Waals surface area contributed by atoms with Gasteiger partial charge in [-0.3, -0.25) is 9.59 Å². The molecule has 0 unspecified atom stereocenters. The molecule has 0 bridgehead atoms. The van der Waals surface area contributed by atoms with Crippen LogP contribution in [-0.4, -0.2) is 29.8 Å². The van der Waals surface area contributed by atoms with E-state index in [4.69, 9.17) is 0 Å². The standard InChI is InChI=1S/C18H26N2O2/c1-7-20(12-13(2)3)16(21)14-9-8-10-15(11-14)19-17(22)18(4,5)6/h8-11H,2,7,12H2,1,3-6H3,(H,19,22). The van der Waals surface area contributed by atoms with Gasteiger partial charge in [0, 0.05) is 29.8 Å². The van der Waals surface area contributed by atoms with Gasteiger partial charge in [0.2, 0.25) is 5.91 Å². The van der Waals surface area contributed by atoms with Crippen LogP contribution in [0.1, 0.15) is 45.0 Å². The van der Waals surface area contributed by atoms with Gasteiger partial charge in [0.15, 0.2) is 0 Å².